The van der Waals surface area contributed by atoms with Gasteiger partial charge in [-0.05, 0) is 36.8 Å². The minimum atomic E-state index is -4.44. The molecule has 0 aliphatic rings. The van der Waals surface area contributed by atoms with E-state index >= 15 is 0 Å². The fourth-order valence-corrected chi connectivity index (χ4v) is 3.28. The van der Waals surface area contributed by atoms with E-state index in [4.69, 9.17) is 11.6 Å². The van der Waals surface area contributed by atoms with Crippen LogP contribution in [-0.2, 0) is 12.6 Å². The third kappa shape index (κ3) is 4.81. The molecule has 5 nitrogen and oxygen atoms in total. The van der Waals surface area contributed by atoms with Gasteiger partial charge < -0.3 is 0 Å². The van der Waals surface area contributed by atoms with Crippen molar-refractivity contribution >= 4 is 34.0 Å². The van der Waals surface area contributed by atoms with E-state index in [1.807, 2.05) is 0 Å². The van der Waals surface area contributed by atoms with Crippen LogP contribution in [0.2, 0.25) is 5.02 Å². The van der Waals surface area contributed by atoms with Crippen LogP contribution in [0.3, 0.4) is 0 Å². The largest absolute Gasteiger partial charge is 0.416 e. The van der Waals surface area contributed by atoms with Gasteiger partial charge in [0.25, 0.3) is 5.91 Å². The average molecular weight is 413 g/mol. The summed E-state index contributed by atoms with van der Waals surface area (Å²) < 4.78 is 38.6. The van der Waals surface area contributed by atoms with Crippen molar-refractivity contribution in [3.05, 3.63) is 69.2 Å². The molecule has 0 atom stereocenters. The van der Waals surface area contributed by atoms with Gasteiger partial charge >= 0.3 is 6.18 Å². The summed E-state index contributed by atoms with van der Waals surface area (Å²) in [6, 6.07) is 4.65. The van der Waals surface area contributed by atoms with E-state index in [1.165, 1.54) is 24.5 Å². The lowest BCUT2D eigenvalue weighted by atomic mass is 10.1. The van der Waals surface area contributed by atoms with Crippen LogP contribution in [0.1, 0.15) is 32.3 Å². The van der Waals surface area contributed by atoms with Crippen LogP contribution in [0.4, 0.5) is 18.3 Å². The highest BCUT2D eigenvalue weighted by Crippen LogP contribution is 2.33. The zero-order valence-electron chi connectivity index (χ0n) is 13.8. The number of halogens is 4. The quantitative estimate of drug-likeness (QED) is 0.671. The highest BCUT2D eigenvalue weighted by molar-refractivity contribution is 7.15. The summed E-state index contributed by atoms with van der Waals surface area (Å²) in [5, 5.41) is 3.16. The van der Waals surface area contributed by atoms with Crippen molar-refractivity contribution in [2.45, 2.75) is 19.5 Å². The number of nitrogens with one attached hydrogen (secondary N) is 1. The standard InChI is InChI=1S/C17H12ClF3N4OS/c1-9-22-5-4-14(24-9)15(26)25-16-23-8-12(27-16)7-10-6-11(17(19,20)21)2-3-13(10)18/h2-6,8H,7H2,1H3,(H,23,25,26). The lowest BCUT2D eigenvalue weighted by Crippen LogP contribution is -2.14. The summed E-state index contributed by atoms with van der Waals surface area (Å²) in [7, 11) is 0. The Balaban J connectivity index is 1.74. The van der Waals surface area contributed by atoms with E-state index in [0.717, 1.165) is 23.5 Å². The van der Waals surface area contributed by atoms with Crippen LogP contribution in [0.15, 0.2) is 36.7 Å². The predicted octanol–water partition coefficient (Wildman–Crippen LogP) is 4.76. The Hall–Kier alpha value is -2.52. The first-order chi connectivity index (χ1) is 12.7. The fraction of sp³-hybridized carbons (Fsp3) is 0.176. The minimum absolute atomic E-state index is 0.170. The zero-order chi connectivity index (χ0) is 19.6. The average Bonchev–Trinajstić information content (AvgIpc) is 3.03. The van der Waals surface area contributed by atoms with Gasteiger partial charge in [-0.15, -0.1) is 11.3 Å². The van der Waals surface area contributed by atoms with E-state index in [-0.39, 0.29) is 17.1 Å². The molecule has 140 valence electrons. The van der Waals surface area contributed by atoms with E-state index in [0.29, 0.717) is 21.4 Å². The molecule has 1 amide bonds. The smallest absolute Gasteiger partial charge is 0.296 e. The lowest BCUT2D eigenvalue weighted by molar-refractivity contribution is -0.137. The Morgan fingerprint density at radius 3 is 2.74 bits per heavy atom. The molecular formula is C17H12ClF3N4OS. The monoisotopic (exact) mass is 412 g/mol. The van der Waals surface area contributed by atoms with Crippen LogP contribution >= 0.6 is 22.9 Å². The van der Waals surface area contributed by atoms with Crippen molar-refractivity contribution in [2.24, 2.45) is 0 Å². The fourth-order valence-electron chi connectivity index (χ4n) is 2.27. The third-order valence-electron chi connectivity index (χ3n) is 3.52. The van der Waals surface area contributed by atoms with Crippen LogP contribution in [0.5, 0.6) is 0 Å². The molecule has 0 radical (unpaired) electrons. The molecule has 0 bridgehead atoms. The number of hydrogen-bond acceptors (Lipinski definition) is 5. The van der Waals surface area contributed by atoms with E-state index < -0.39 is 17.6 Å². The number of aryl methyl sites for hydroxylation is 1. The molecule has 27 heavy (non-hydrogen) atoms. The number of nitrogens with zero attached hydrogens (tertiary/aromatic N) is 3. The number of benzene rings is 1. The molecular weight excluding hydrogens is 401 g/mol. The van der Waals surface area contributed by atoms with Gasteiger partial charge in [0, 0.05) is 28.7 Å². The molecule has 2 heterocycles. The van der Waals surface area contributed by atoms with Gasteiger partial charge in [0.15, 0.2) is 5.13 Å². The second-order valence-corrected chi connectivity index (χ2v) is 7.08. The summed E-state index contributed by atoms with van der Waals surface area (Å²) in [4.78, 5) is 24.8. The topological polar surface area (TPSA) is 67.8 Å². The number of carbonyl (C=O) groups excluding carboxylic acids is 1. The van der Waals surface area contributed by atoms with E-state index in [9.17, 15) is 18.0 Å². The summed E-state index contributed by atoms with van der Waals surface area (Å²) >= 11 is 7.17. The third-order valence-corrected chi connectivity index (χ3v) is 4.80. The molecule has 0 spiro atoms. The van der Waals surface area contributed by atoms with E-state index in [1.54, 1.807) is 6.92 Å². The van der Waals surface area contributed by atoms with Gasteiger partial charge in [0.05, 0.1) is 5.56 Å². The number of hydrogen-bond donors (Lipinski definition) is 1. The Morgan fingerprint density at radius 1 is 1.26 bits per heavy atom. The number of anilines is 1. The van der Waals surface area contributed by atoms with Crippen LogP contribution < -0.4 is 5.32 Å². The Labute approximate surface area is 161 Å². The second kappa shape index (κ2) is 7.61. The molecule has 1 aromatic carbocycles. The van der Waals surface area contributed by atoms with Crippen LogP contribution in [0.25, 0.3) is 0 Å². The van der Waals surface area contributed by atoms with Crippen molar-refractivity contribution in [3.63, 3.8) is 0 Å². The summed E-state index contributed by atoms with van der Waals surface area (Å²) in [6.07, 6.45) is -1.31. The first kappa shape index (κ1) is 19.2. The number of thiazole rings is 1. The summed E-state index contributed by atoms with van der Waals surface area (Å²) in [5.41, 5.74) is -0.237. The maximum absolute atomic E-state index is 12.9. The van der Waals surface area contributed by atoms with Gasteiger partial charge in [-0.3, -0.25) is 10.1 Å². The van der Waals surface area contributed by atoms with Gasteiger partial charge in [0.1, 0.15) is 11.5 Å². The number of alkyl halides is 3. The summed E-state index contributed by atoms with van der Waals surface area (Å²) in [5.74, 6) is 0.0140. The van der Waals surface area contributed by atoms with Crippen molar-refractivity contribution in [1.29, 1.82) is 0 Å². The number of rotatable bonds is 4. The molecule has 0 saturated carbocycles. The maximum atomic E-state index is 12.9. The zero-order valence-corrected chi connectivity index (χ0v) is 15.4. The Morgan fingerprint density at radius 2 is 2.04 bits per heavy atom. The lowest BCUT2D eigenvalue weighted by Gasteiger charge is -2.09. The van der Waals surface area contributed by atoms with Crippen molar-refractivity contribution in [1.82, 2.24) is 15.0 Å². The molecule has 10 heteroatoms. The molecule has 0 unspecified atom stereocenters. The van der Waals surface area contributed by atoms with Crippen LogP contribution in [0, 0.1) is 6.92 Å². The molecule has 0 aliphatic heterocycles. The Kier molecular flexibility index (Phi) is 5.43. The van der Waals surface area contributed by atoms with Gasteiger partial charge in [-0.2, -0.15) is 13.2 Å². The van der Waals surface area contributed by atoms with Gasteiger partial charge in [-0.1, -0.05) is 11.6 Å². The van der Waals surface area contributed by atoms with Crippen molar-refractivity contribution in [2.75, 3.05) is 5.32 Å². The number of amides is 1. The molecule has 0 saturated heterocycles. The number of aromatic nitrogens is 3. The molecule has 1 N–H and O–H groups in total. The van der Waals surface area contributed by atoms with Crippen molar-refractivity contribution < 1.29 is 18.0 Å². The first-order valence-electron chi connectivity index (χ1n) is 7.63. The molecule has 0 aliphatic carbocycles. The highest BCUT2D eigenvalue weighted by Gasteiger charge is 2.30. The SMILES string of the molecule is Cc1nccc(C(=O)Nc2ncc(Cc3cc(C(F)(F)F)ccc3Cl)s2)n1. The predicted molar refractivity (Wildman–Crippen MR) is 96.1 cm³/mol. The van der Waals surface area contributed by atoms with Crippen LogP contribution in [-0.4, -0.2) is 20.9 Å². The first-order valence-corrected chi connectivity index (χ1v) is 8.83. The Bertz CT molecular complexity index is 990. The highest BCUT2D eigenvalue weighted by atomic mass is 35.5. The molecule has 2 aromatic heterocycles. The molecule has 0 fully saturated rings. The van der Waals surface area contributed by atoms with Crippen molar-refractivity contribution in [3.8, 4) is 0 Å². The molecule has 3 rings (SSSR count). The van der Waals surface area contributed by atoms with Gasteiger partial charge in [0.2, 0.25) is 0 Å². The maximum Gasteiger partial charge on any atom is 0.416 e. The second-order valence-electron chi connectivity index (χ2n) is 5.56. The molecule has 3 aromatic rings. The number of carbonyl (C=O) groups is 1. The van der Waals surface area contributed by atoms with E-state index in [2.05, 4.69) is 20.3 Å². The summed E-state index contributed by atoms with van der Waals surface area (Å²) in [6.45, 7) is 1.66. The van der Waals surface area contributed by atoms with Gasteiger partial charge in [-0.25, -0.2) is 15.0 Å². The normalized spacial score (nSPS) is 11.4. The minimum Gasteiger partial charge on any atom is -0.296 e.